The van der Waals surface area contributed by atoms with Crippen LogP contribution in [0.15, 0.2) is 36.7 Å². The summed E-state index contributed by atoms with van der Waals surface area (Å²) in [5.41, 5.74) is 1.66. The van der Waals surface area contributed by atoms with Crippen molar-refractivity contribution in [2.45, 2.75) is 31.7 Å². The zero-order chi connectivity index (χ0) is 16.5. The van der Waals surface area contributed by atoms with E-state index in [-0.39, 0.29) is 0 Å². The first-order valence-corrected chi connectivity index (χ1v) is 8.80. The Morgan fingerprint density at radius 2 is 1.75 bits per heavy atom. The molecule has 2 aromatic heterocycles. The summed E-state index contributed by atoms with van der Waals surface area (Å²) in [6.07, 6.45) is 8.34. The Morgan fingerprint density at radius 1 is 1.00 bits per heavy atom. The molecule has 1 aliphatic rings. The number of anilines is 1. The van der Waals surface area contributed by atoms with Gasteiger partial charge in [0.05, 0.1) is 10.0 Å². The minimum atomic E-state index is 0.446. The van der Waals surface area contributed by atoms with E-state index in [2.05, 4.69) is 20.5 Å². The van der Waals surface area contributed by atoms with Crippen molar-refractivity contribution in [2.75, 3.05) is 5.32 Å². The normalized spacial score (nSPS) is 15.1. The van der Waals surface area contributed by atoms with Gasteiger partial charge in [-0.15, -0.1) is 10.2 Å². The number of nitrogens with zero attached hydrogens (tertiary/aromatic N) is 3. The molecule has 0 radical (unpaired) electrons. The second-order valence-corrected chi connectivity index (χ2v) is 6.89. The van der Waals surface area contributed by atoms with Crippen molar-refractivity contribution < 1.29 is 0 Å². The third-order valence-electron chi connectivity index (χ3n) is 4.45. The largest absolute Gasteiger partial charge is 0.365 e. The van der Waals surface area contributed by atoms with E-state index in [1.807, 2.05) is 24.3 Å². The molecule has 1 fully saturated rings. The van der Waals surface area contributed by atoms with E-state index in [1.165, 1.54) is 12.8 Å². The van der Waals surface area contributed by atoms with Gasteiger partial charge in [0.1, 0.15) is 5.69 Å². The molecule has 24 heavy (non-hydrogen) atoms. The quantitative estimate of drug-likeness (QED) is 0.685. The molecule has 122 valence electrons. The standard InChI is InChI=1S/C18H16Cl2N4/c19-15-8-13-14(9-16(15)20)18(22-12-5-1-2-6-12)24-23-17(13)11-4-3-7-21-10-11/h3-4,7-10,12H,1-2,5-6H2,(H,22,24). The molecular formula is C18H16Cl2N4. The predicted octanol–water partition coefficient (Wildman–Crippen LogP) is 5.35. The van der Waals surface area contributed by atoms with Gasteiger partial charge in [0, 0.05) is 34.8 Å². The summed E-state index contributed by atoms with van der Waals surface area (Å²) in [6.45, 7) is 0. The molecule has 0 amide bonds. The Hall–Kier alpha value is -1.91. The van der Waals surface area contributed by atoms with E-state index in [0.29, 0.717) is 16.1 Å². The molecule has 1 saturated carbocycles. The lowest BCUT2D eigenvalue weighted by Gasteiger charge is -2.16. The predicted molar refractivity (Wildman–Crippen MR) is 98.7 cm³/mol. The molecule has 0 atom stereocenters. The van der Waals surface area contributed by atoms with Crippen LogP contribution in [0.25, 0.3) is 22.0 Å². The van der Waals surface area contributed by atoms with Crippen molar-refractivity contribution in [3.05, 3.63) is 46.7 Å². The fraction of sp³-hybridized carbons (Fsp3) is 0.278. The Kier molecular flexibility index (Phi) is 4.25. The van der Waals surface area contributed by atoms with Gasteiger partial charge in [-0.1, -0.05) is 36.0 Å². The van der Waals surface area contributed by atoms with Crippen LogP contribution < -0.4 is 5.32 Å². The minimum Gasteiger partial charge on any atom is -0.365 e. The van der Waals surface area contributed by atoms with E-state index < -0.39 is 0 Å². The first-order valence-electron chi connectivity index (χ1n) is 8.05. The number of aromatic nitrogens is 3. The molecule has 0 unspecified atom stereocenters. The number of rotatable bonds is 3. The second kappa shape index (κ2) is 6.54. The third-order valence-corrected chi connectivity index (χ3v) is 5.17. The maximum absolute atomic E-state index is 6.25. The molecule has 0 spiro atoms. The van der Waals surface area contributed by atoms with Crippen LogP contribution in [0.4, 0.5) is 5.82 Å². The summed E-state index contributed by atoms with van der Waals surface area (Å²) in [4.78, 5) is 4.17. The smallest absolute Gasteiger partial charge is 0.156 e. The van der Waals surface area contributed by atoms with Crippen molar-refractivity contribution in [1.29, 1.82) is 0 Å². The molecule has 1 N–H and O–H groups in total. The average molecular weight is 359 g/mol. The molecule has 2 heterocycles. The Bertz CT molecular complexity index is 877. The maximum atomic E-state index is 6.25. The Balaban J connectivity index is 1.88. The highest BCUT2D eigenvalue weighted by molar-refractivity contribution is 6.43. The van der Waals surface area contributed by atoms with E-state index >= 15 is 0 Å². The number of benzene rings is 1. The van der Waals surface area contributed by atoms with Crippen molar-refractivity contribution in [1.82, 2.24) is 15.2 Å². The highest BCUT2D eigenvalue weighted by atomic mass is 35.5. The maximum Gasteiger partial charge on any atom is 0.156 e. The monoisotopic (exact) mass is 358 g/mol. The van der Waals surface area contributed by atoms with Gasteiger partial charge >= 0.3 is 0 Å². The molecule has 0 aliphatic heterocycles. The molecule has 4 rings (SSSR count). The molecular weight excluding hydrogens is 343 g/mol. The molecule has 1 aliphatic carbocycles. The van der Waals surface area contributed by atoms with Gasteiger partial charge in [-0.05, 0) is 37.1 Å². The minimum absolute atomic E-state index is 0.446. The number of fused-ring (bicyclic) bond motifs is 1. The molecule has 0 bridgehead atoms. The van der Waals surface area contributed by atoms with Crippen molar-refractivity contribution in [3.63, 3.8) is 0 Å². The van der Waals surface area contributed by atoms with E-state index in [0.717, 1.165) is 40.7 Å². The molecule has 3 aromatic rings. The van der Waals surface area contributed by atoms with E-state index in [4.69, 9.17) is 23.2 Å². The van der Waals surface area contributed by atoms with E-state index in [9.17, 15) is 0 Å². The lowest BCUT2D eigenvalue weighted by Crippen LogP contribution is -2.16. The Labute approximate surface area is 150 Å². The fourth-order valence-electron chi connectivity index (χ4n) is 3.23. The zero-order valence-corrected chi connectivity index (χ0v) is 14.5. The Morgan fingerprint density at radius 3 is 2.46 bits per heavy atom. The van der Waals surface area contributed by atoms with Crippen LogP contribution in [0, 0.1) is 0 Å². The lowest BCUT2D eigenvalue weighted by molar-refractivity contribution is 0.748. The van der Waals surface area contributed by atoms with Crippen LogP contribution in [0.1, 0.15) is 25.7 Å². The van der Waals surface area contributed by atoms with Gasteiger partial charge in [-0.3, -0.25) is 4.98 Å². The topological polar surface area (TPSA) is 50.7 Å². The first-order chi connectivity index (χ1) is 11.7. The van der Waals surface area contributed by atoms with Gasteiger partial charge in [0.25, 0.3) is 0 Å². The van der Waals surface area contributed by atoms with E-state index in [1.54, 1.807) is 12.4 Å². The first kappa shape index (κ1) is 15.6. The fourth-order valence-corrected chi connectivity index (χ4v) is 3.56. The molecule has 4 nitrogen and oxygen atoms in total. The number of nitrogens with one attached hydrogen (secondary N) is 1. The highest BCUT2D eigenvalue weighted by Crippen LogP contribution is 2.36. The summed E-state index contributed by atoms with van der Waals surface area (Å²) < 4.78 is 0. The van der Waals surface area contributed by atoms with Gasteiger partial charge < -0.3 is 5.32 Å². The van der Waals surface area contributed by atoms with Crippen LogP contribution in [0.3, 0.4) is 0 Å². The van der Waals surface area contributed by atoms with Crippen molar-refractivity contribution >= 4 is 39.8 Å². The van der Waals surface area contributed by atoms with Crippen LogP contribution in [-0.4, -0.2) is 21.2 Å². The summed E-state index contributed by atoms with van der Waals surface area (Å²) in [7, 11) is 0. The number of halogens is 2. The van der Waals surface area contributed by atoms with Gasteiger partial charge in [-0.2, -0.15) is 0 Å². The average Bonchev–Trinajstić information content (AvgIpc) is 3.10. The zero-order valence-electron chi connectivity index (χ0n) is 13.0. The van der Waals surface area contributed by atoms with Crippen LogP contribution >= 0.6 is 23.2 Å². The summed E-state index contributed by atoms with van der Waals surface area (Å²) in [5, 5.41) is 15.3. The summed E-state index contributed by atoms with van der Waals surface area (Å²) >= 11 is 12.5. The molecule has 0 saturated heterocycles. The molecule has 6 heteroatoms. The lowest BCUT2D eigenvalue weighted by atomic mass is 10.1. The van der Waals surface area contributed by atoms with Crippen LogP contribution in [-0.2, 0) is 0 Å². The van der Waals surface area contributed by atoms with Crippen molar-refractivity contribution in [2.24, 2.45) is 0 Å². The van der Waals surface area contributed by atoms with Gasteiger partial charge in [-0.25, -0.2) is 0 Å². The van der Waals surface area contributed by atoms with Crippen LogP contribution in [0.2, 0.25) is 10.0 Å². The van der Waals surface area contributed by atoms with Gasteiger partial charge in [0.2, 0.25) is 0 Å². The summed E-state index contributed by atoms with van der Waals surface area (Å²) in [6, 6.07) is 8.01. The van der Waals surface area contributed by atoms with Crippen molar-refractivity contribution in [3.8, 4) is 11.3 Å². The number of pyridine rings is 1. The number of hydrogen-bond acceptors (Lipinski definition) is 4. The number of hydrogen-bond donors (Lipinski definition) is 1. The molecule has 1 aromatic carbocycles. The summed E-state index contributed by atoms with van der Waals surface area (Å²) in [5.74, 6) is 0.767. The SMILES string of the molecule is Clc1cc2c(NC3CCCC3)nnc(-c3cccnc3)c2cc1Cl. The highest BCUT2D eigenvalue weighted by Gasteiger charge is 2.19. The van der Waals surface area contributed by atoms with Gasteiger partial charge in [0.15, 0.2) is 5.82 Å². The third kappa shape index (κ3) is 2.92. The van der Waals surface area contributed by atoms with Crippen LogP contribution in [0.5, 0.6) is 0 Å². The second-order valence-electron chi connectivity index (χ2n) is 6.08.